The fraction of sp³-hybridized carbons (Fsp3) is 0.455. The van der Waals surface area contributed by atoms with Gasteiger partial charge >= 0.3 is 0 Å². The highest BCUT2D eigenvalue weighted by Gasteiger charge is 2.18. The van der Waals surface area contributed by atoms with Crippen molar-refractivity contribution in [3.8, 4) is 5.75 Å². The van der Waals surface area contributed by atoms with Gasteiger partial charge in [0.05, 0.1) is 12.0 Å². The van der Waals surface area contributed by atoms with Gasteiger partial charge in [-0.1, -0.05) is 19.4 Å². The minimum absolute atomic E-state index is 0.155. The van der Waals surface area contributed by atoms with Crippen molar-refractivity contribution in [2.75, 3.05) is 7.11 Å². The smallest absolute Gasteiger partial charge is 0.261 e. The number of benzene rings is 1. The first-order chi connectivity index (χ1) is 7.50. The van der Waals surface area contributed by atoms with E-state index < -0.39 is 9.05 Å². The summed E-state index contributed by atoms with van der Waals surface area (Å²) < 4.78 is 27.9. The van der Waals surface area contributed by atoms with Crippen LogP contribution < -0.4 is 4.74 Å². The van der Waals surface area contributed by atoms with E-state index in [9.17, 15) is 8.42 Å². The van der Waals surface area contributed by atoms with Gasteiger partial charge < -0.3 is 4.74 Å². The van der Waals surface area contributed by atoms with Crippen molar-refractivity contribution in [1.82, 2.24) is 0 Å². The molecule has 0 aliphatic rings. The van der Waals surface area contributed by atoms with E-state index in [-0.39, 0.29) is 4.90 Å². The third-order valence-corrected chi connectivity index (χ3v) is 3.76. The van der Waals surface area contributed by atoms with Crippen LogP contribution in [0.1, 0.15) is 25.3 Å². The zero-order valence-corrected chi connectivity index (χ0v) is 10.9. The van der Waals surface area contributed by atoms with Crippen molar-refractivity contribution in [3.05, 3.63) is 23.8 Å². The lowest BCUT2D eigenvalue weighted by atomic mass is 10.1. The second-order valence-electron chi connectivity index (χ2n) is 3.48. The van der Waals surface area contributed by atoms with Crippen molar-refractivity contribution in [2.45, 2.75) is 31.1 Å². The lowest BCUT2D eigenvalue weighted by Crippen LogP contribution is -2.01. The molecule has 0 saturated heterocycles. The molecule has 0 fully saturated rings. The number of ether oxygens (including phenoxy) is 1. The van der Waals surface area contributed by atoms with Gasteiger partial charge in [0.15, 0.2) is 0 Å². The Labute approximate surface area is 101 Å². The maximum absolute atomic E-state index is 11.4. The molecule has 1 aromatic rings. The van der Waals surface area contributed by atoms with Crippen LogP contribution in [0.2, 0.25) is 0 Å². The number of hydrogen-bond donors (Lipinski definition) is 0. The maximum Gasteiger partial charge on any atom is 0.261 e. The predicted molar refractivity (Wildman–Crippen MR) is 64.6 cm³/mol. The van der Waals surface area contributed by atoms with Crippen LogP contribution in [-0.2, 0) is 15.5 Å². The molecule has 5 heteroatoms. The summed E-state index contributed by atoms with van der Waals surface area (Å²) in [6.45, 7) is 2.05. The molecule has 0 N–H and O–H groups in total. The summed E-state index contributed by atoms with van der Waals surface area (Å²) in [4.78, 5) is 0.155. The van der Waals surface area contributed by atoms with Crippen LogP contribution in [0.3, 0.4) is 0 Å². The van der Waals surface area contributed by atoms with E-state index in [1.807, 2.05) is 6.92 Å². The van der Waals surface area contributed by atoms with Gasteiger partial charge in [0, 0.05) is 16.2 Å². The van der Waals surface area contributed by atoms with E-state index in [2.05, 4.69) is 0 Å². The van der Waals surface area contributed by atoms with Gasteiger partial charge in [0.1, 0.15) is 5.75 Å². The molecule has 0 heterocycles. The molecule has 1 rings (SSSR count). The summed E-state index contributed by atoms with van der Waals surface area (Å²) >= 11 is 0. The highest BCUT2D eigenvalue weighted by Crippen LogP contribution is 2.29. The average Bonchev–Trinajstić information content (AvgIpc) is 2.24. The van der Waals surface area contributed by atoms with Crippen LogP contribution in [0.4, 0.5) is 0 Å². The molecule has 0 atom stereocenters. The summed E-state index contributed by atoms with van der Waals surface area (Å²) in [7, 11) is 3.21. The van der Waals surface area contributed by atoms with E-state index in [0.717, 1.165) is 12.8 Å². The monoisotopic (exact) mass is 262 g/mol. The topological polar surface area (TPSA) is 43.4 Å². The number of unbranched alkanes of at least 4 members (excludes halogenated alkanes) is 1. The van der Waals surface area contributed by atoms with E-state index in [1.54, 1.807) is 12.1 Å². The van der Waals surface area contributed by atoms with Gasteiger partial charge in [-0.15, -0.1) is 0 Å². The molecule has 0 saturated carbocycles. The van der Waals surface area contributed by atoms with Gasteiger partial charge in [0.2, 0.25) is 0 Å². The normalized spacial score (nSPS) is 11.4. The Morgan fingerprint density at radius 2 is 2.06 bits per heavy atom. The molecule has 0 unspecified atom stereocenters. The third kappa shape index (κ3) is 3.12. The van der Waals surface area contributed by atoms with E-state index in [4.69, 9.17) is 15.4 Å². The second kappa shape index (κ2) is 5.55. The van der Waals surface area contributed by atoms with Crippen molar-refractivity contribution in [1.29, 1.82) is 0 Å². The van der Waals surface area contributed by atoms with Gasteiger partial charge in [-0.25, -0.2) is 8.42 Å². The van der Waals surface area contributed by atoms with Gasteiger partial charge in [-0.2, -0.15) is 0 Å². The standard InChI is InChI=1S/C11H15ClO3S/c1-3-4-6-9-10(15-2)7-5-8-11(9)16(12,13)14/h5,7-8H,3-4,6H2,1-2H3. The third-order valence-electron chi connectivity index (χ3n) is 2.35. The molecule has 3 nitrogen and oxygen atoms in total. The first-order valence-corrected chi connectivity index (χ1v) is 7.42. The molecular formula is C11H15ClO3S. The Bertz CT molecular complexity index is 454. The van der Waals surface area contributed by atoms with Crippen LogP contribution in [-0.4, -0.2) is 15.5 Å². The van der Waals surface area contributed by atoms with E-state index >= 15 is 0 Å². The average molecular weight is 263 g/mol. The van der Waals surface area contributed by atoms with Crippen LogP contribution in [0.25, 0.3) is 0 Å². The number of rotatable bonds is 5. The quantitative estimate of drug-likeness (QED) is 0.767. The largest absolute Gasteiger partial charge is 0.496 e. The SMILES string of the molecule is CCCCc1c(OC)cccc1S(=O)(=O)Cl. The van der Waals surface area contributed by atoms with Crippen molar-refractivity contribution < 1.29 is 13.2 Å². The summed E-state index contributed by atoms with van der Waals surface area (Å²) in [5.41, 5.74) is 0.668. The number of methoxy groups -OCH3 is 1. The van der Waals surface area contributed by atoms with E-state index in [1.165, 1.54) is 13.2 Å². The summed E-state index contributed by atoms with van der Waals surface area (Å²) in [6, 6.07) is 4.88. The molecule has 0 aliphatic carbocycles. The van der Waals surface area contributed by atoms with Crippen LogP contribution >= 0.6 is 10.7 Å². The maximum atomic E-state index is 11.4. The minimum Gasteiger partial charge on any atom is -0.496 e. The molecule has 0 bridgehead atoms. The van der Waals surface area contributed by atoms with Crippen LogP contribution in [0, 0.1) is 0 Å². The molecule has 0 aliphatic heterocycles. The Morgan fingerprint density at radius 3 is 2.56 bits per heavy atom. The molecule has 16 heavy (non-hydrogen) atoms. The summed E-state index contributed by atoms with van der Waals surface area (Å²) in [5, 5.41) is 0. The van der Waals surface area contributed by atoms with Crippen LogP contribution in [0.15, 0.2) is 23.1 Å². The molecule has 1 aromatic carbocycles. The molecule has 0 spiro atoms. The van der Waals surface area contributed by atoms with E-state index in [0.29, 0.717) is 17.7 Å². The van der Waals surface area contributed by atoms with Crippen molar-refractivity contribution in [2.24, 2.45) is 0 Å². The second-order valence-corrected chi connectivity index (χ2v) is 6.01. The molecule has 0 aromatic heterocycles. The van der Waals surface area contributed by atoms with Crippen molar-refractivity contribution >= 4 is 19.7 Å². The molecule has 0 radical (unpaired) electrons. The first-order valence-electron chi connectivity index (χ1n) is 5.11. The Balaban J connectivity index is 3.26. The summed E-state index contributed by atoms with van der Waals surface area (Å²) in [6.07, 6.45) is 2.54. The molecular weight excluding hydrogens is 248 g/mol. The Hall–Kier alpha value is -0.740. The lowest BCUT2D eigenvalue weighted by Gasteiger charge is -2.11. The van der Waals surface area contributed by atoms with Gasteiger partial charge in [0.25, 0.3) is 9.05 Å². The summed E-state index contributed by atoms with van der Waals surface area (Å²) in [5.74, 6) is 0.579. The highest BCUT2D eigenvalue weighted by atomic mass is 35.7. The lowest BCUT2D eigenvalue weighted by molar-refractivity contribution is 0.407. The Kier molecular flexibility index (Phi) is 4.62. The first kappa shape index (κ1) is 13.3. The number of hydrogen-bond acceptors (Lipinski definition) is 3. The van der Waals surface area contributed by atoms with Gasteiger partial charge in [-0.05, 0) is 25.0 Å². The zero-order valence-electron chi connectivity index (χ0n) is 9.36. The zero-order chi connectivity index (χ0) is 12.2. The fourth-order valence-corrected chi connectivity index (χ4v) is 2.74. The number of halogens is 1. The fourth-order valence-electron chi connectivity index (χ4n) is 1.57. The van der Waals surface area contributed by atoms with Crippen molar-refractivity contribution in [3.63, 3.8) is 0 Å². The van der Waals surface area contributed by atoms with Crippen LogP contribution in [0.5, 0.6) is 5.75 Å². The van der Waals surface area contributed by atoms with Gasteiger partial charge in [-0.3, -0.25) is 0 Å². The Morgan fingerprint density at radius 1 is 1.38 bits per heavy atom. The molecule has 0 amide bonds. The minimum atomic E-state index is -3.70. The molecule has 90 valence electrons. The predicted octanol–water partition coefficient (Wildman–Crippen LogP) is 2.97. The highest BCUT2D eigenvalue weighted by molar-refractivity contribution is 8.13.